The van der Waals surface area contributed by atoms with Crippen molar-refractivity contribution in [3.8, 4) is 0 Å². The Hall–Kier alpha value is -1.33. The van der Waals surface area contributed by atoms with E-state index in [0.29, 0.717) is 24.0 Å². The van der Waals surface area contributed by atoms with Crippen LogP contribution in [0.2, 0.25) is 5.02 Å². The van der Waals surface area contributed by atoms with Crippen molar-refractivity contribution in [1.82, 2.24) is 9.88 Å². The van der Waals surface area contributed by atoms with Crippen molar-refractivity contribution < 1.29 is 9.53 Å². The fourth-order valence-corrected chi connectivity index (χ4v) is 1.84. The van der Waals surface area contributed by atoms with Crippen LogP contribution in [0.1, 0.15) is 24.3 Å². The minimum Gasteiger partial charge on any atom is -0.383 e. The number of rotatable bonds is 6. The maximum atomic E-state index is 12.5. The predicted octanol–water partition coefficient (Wildman–Crippen LogP) is 2.27. The molecule has 0 saturated heterocycles. The number of amides is 1. The van der Waals surface area contributed by atoms with Crippen LogP contribution in [0.5, 0.6) is 0 Å². The van der Waals surface area contributed by atoms with Gasteiger partial charge in [-0.2, -0.15) is 0 Å². The number of hydrogen-bond donors (Lipinski definition) is 1. The summed E-state index contributed by atoms with van der Waals surface area (Å²) >= 11 is 6.06. The van der Waals surface area contributed by atoms with Gasteiger partial charge in [0.2, 0.25) is 0 Å². The van der Waals surface area contributed by atoms with Crippen molar-refractivity contribution in [2.24, 2.45) is 0 Å². The van der Waals surface area contributed by atoms with Crippen LogP contribution in [-0.4, -0.2) is 49.1 Å². The van der Waals surface area contributed by atoms with Gasteiger partial charge >= 0.3 is 0 Å². The van der Waals surface area contributed by atoms with Crippen LogP contribution in [0.4, 0.5) is 5.82 Å². The molecule has 6 heteroatoms. The molecule has 1 N–H and O–H groups in total. The van der Waals surface area contributed by atoms with Gasteiger partial charge in [-0.1, -0.05) is 11.6 Å². The fourth-order valence-electron chi connectivity index (χ4n) is 1.65. The number of anilines is 1. The normalized spacial score (nSPS) is 10.6. The minimum absolute atomic E-state index is 0.0544. The molecule has 0 aromatic carbocycles. The molecule has 5 nitrogen and oxygen atoms in total. The van der Waals surface area contributed by atoms with E-state index >= 15 is 0 Å². The largest absolute Gasteiger partial charge is 0.383 e. The molecule has 0 fully saturated rings. The second kappa shape index (κ2) is 7.31. The Morgan fingerprint density at radius 1 is 1.53 bits per heavy atom. The molecule has 0 aliphatic rings. The lowest BCUT2D eigenvalue weighted by Gasteiger charge is -2.26. The molecular formula is C13H20ClN3O2. The zero-order valence-electron chi connectivity index (χ0n) is 11.7. The van der Waals surface area contributed by atoms with E-state index in [1.54, 1.807) is 31.2 Å². The molecule has 0 saturated carbocycles. The molecule has 1 amide bonds. The van der Waals surface area contributed by atoms with Crippen molar-refractivity contribution in [3.63, 3.8) is 0 Å². The molecule has 106 valence electrons. The van der Waals surface area contributed by atoms with Crippen molar-refractivity contribution in [2.45, 2.75) is 19.9 Å². The first-order chi connectivity index (χ1) is 9.01. The fraction of sp³-hybridized carbons (Fsp3) is 0.538. The van der Waals surface area contributed by atoms with Gasteiger partial charge in [-0.3, -0.25) is 4.79 Å². The van der Waals surface area contributed by atoms with Crippen LogP contribution in [0.3, 0.4) is 0 Å². The summed E-state index contributed by atoms with van der Waals surface area (Å²) in [5.41, 5.74) is 0.262. The van der Waals surface area contributed by atoms with Gasteiger partial charge in [0, 0.05) is 26.7 Å². The Balaban J connectivity index is 3.01. The van der Waals surface area contributed by atoms with E-state index in [1.165, 1.54) is 0 Å². The standard InChI is InChI=1S/C13H20ClN3O2/c1-9(2)17(7-8-19-4)13(18)12-10(14)5-6-11(15-3)16-12/h5-6,9H,7-8H2,1-4H3,(H,15,16). The summed E-state index contributed by atoms with van der Waals surface area (Å²) in [6, 6.07) is 3.45. The average Bonchev–Trinajstić information content (AvgIpc) is 2.39. The molecular weight excluding hydrogens is 266 g/mol. The first-order valence-electron chi connectivity index (χ1n) is 6.15. The molecule has 0 atom stereocenters. The number of nitrogens with zero attached hydrogens (tertiary/aromatic N) is 2. The van der Waals surface area contributed by atoms with Gasteiger partial charge in [-0.25, -0.2) is 4.98 Å². The third-order valence-electron chi connectivity index (χ3n) is 2.73. The van der Waals surface area contributed by atoms with E-state index in [0.717, 1.165) is 0 Å². The Labute approximate surface area is 118 Å². The summed E-state index contributed by atoms with van der Waals surface area (Å²) in [4.78, 5) is 18.4. The Morgan fingerprint density at radius 3 is 2.74 bits per heavy atom. The Morgan fingerprint density at radius 2 is 2.21 bits per heavy atom. The highest BCUT2D eigenvalue weighted by molar-refractivity contribution is 6.33. The summed E-state index contributed by atoms with van der Waals surface area (Å²) in [6.07, 6.45) is 0. The lowest BCUT2D eigenvalue weighted by Crippen LogP contribution is -2.39. The van der Waals surface area contributed by atoms with Gasteiger partial charge < -0.3 is 15.0 Å². The van der Waals surface area contributed by atoms with Gasteiger partial charge in [-0.15, -0.1) is 0 Å². The molecule has 0 bridgehead atoms. The predicted molar refractivity (Wildman–Crippen MR) is 76.8 cm³/mol. The van der Waals surface area contributed by atoms with E-state index in [9.17, 15) is 4.79 Å². The second-order valence-electron chi connectivity index (χ2n) is 4.36. The molecule has 0 spiro atoms. The quantitative estimate of drug-likeness (QED) is 0.871. The topological polar surface area (TPSA) is 54.5 Å². The number of carbonyl (C=O) groups excluding carboxylic acids is 1. The first-order valence-corrected chi connectivity index (χ1v) is 6.53. The highest BCUT2D eigenvalue weighted by atomic mass is 35.5. The lowest BCUT2D eigenvalue weighted by atomic mass is 10.2. The van der Waals surface area contributed by atoms with Gasteiger partial charge in [0.15, 0.2) is 0 Å². The number of methoxy groups -OCH3 is 1. The number of hydrogen-bond acceptors (Lipinski definition) is 4. The van der Waals surface area contributed by atoms with Crippen molar-refractivity contribution >= 4 is 23.3 Å². The minimum atomic E-state index is -0.186. The van der Waals surface area contributed by atoms with E-state index in [4.69, 9.17) is 16.3 Å². The van der Waals surface area contributed by atoms with E-state index < -0.39 is 0 Å². The van der Waals surface area contributed by atoms with Crippen LogP contribution in [0.25, 0.3) is 0 Å². The van der Waals surface area contributed by atoms with Gasteiger partial charge in [0.25, 0.3) is 5.91 Å². The molecule has 0 unspecified atom stereocenters. The highest BCUT2D eigenvalue weighted by Gasteiger charge is 2.22. The summed E-state index contributed by atoms with van der Waals surface area (Å²) in [5, 5.41) is 3.25. The third-order valence-corrected chi connectivity index (χ3v) is 3.03. The number of ether oxygens (including phenoxy) is 1. The van der Waals surface area contributed by atoms with E-state index in [1.807, 2.05) is 13.8 Å². The molecule has 19 heavy (non-hydrogen) atoms. The summed E-state index contributed by atoms with van der Waals surface area (Å²) in [7, 11) is 3.35. The zero-order chi connectivity index (χ0) is 14.4. The Kier molecular flexibility index (Phi) is 6.05. The van der Waals surface area contributed by atoms with Gasteiger partial charge in [0.05, 0.1) is 11.6 Å². The summed E-state index contributed by atoms with van der Waals surface area (Å²) in [6.45, 7) is 4.88. The molecule has 1 aromatic rings. The smallest absolute Gasteiger partial charge is 0.274 e. The summed E-state index contributed by atoms with van der Waals surface area (Å²) < 4.78 is 5.02. The lowest BCUT2D eigenvalue weighted by molar-refractivity contribution is 0.0629. The molecule has 0 aliphatic heterocycles. The number of halogens is 1. The van der Waals surface area contributed by atoms with Crippen LogP contribution in [0.15, 0.2) is 12.1 Å². The Bertz CT molecular complexity index is 438. The van der Waals surface area contributed by atoms with E-state index in [2.05, 4.69) is 10.3 Å². The average molecular weight is 286 g/mol. The number of nitrogens with one attached hydrogen (secondary N) is 1. The highest BCUT2D eigenvalue weighted by Crippen LogP contribution is 2.19. The monoisotopic (exact) mass is 285 g/mol. The van der Waals surface area contributed by atoms with Crippen molar-refractivity contribution in [3.05, 3.63) is 22.8 Å². The van der Waals surface area contributed by atoms with Crippen LogP contribution in [-0.2, 0) is 4.74 Å². The maximum Gasteiger partial charge on any atom is 0.274 e. The third kappa shape index (κ3) is 4.08. The first kappa shape index (κ1) is 15.7. The number of aromatic nitrogens is 1. The van der Waals surface area contributed by atoms with Gasteiger partial charge in [0.1, 0.15) is 11.5 Å². The van der Waals surface area contributed by atoms with Crippen molar-refractivity contribution in [2.75, 3.05) is 32.6 Å². The SMILES string of the molecule is CNc1ccc(Cl)c(C(=O)N(CCOC)C(C)C)n1. The summed E-state index contributed by atoms with van der Waals surface area (Å²) in [5.74, 6) is 0.428. The van der Waals surface area contributed by atoms with Gasteiger partial charge in [-0.05, 0) is 26.0 Å². The van der Waals surface area contributed by atoms with Crippen LogP contribution >= 0.6 is 11.6 Å². The molecule has 0 aliphatic carbocycles. The number of carbonyl (C=O) groups is 1. The van der Waals surface area contributed by atoms with Crippen molar-refractivity contribution in [1.29, 1.82) is 0 Å². The maximum absolute atomic E-state index is 12.5. The van der Waals surface area contributed by atoms with Crippen LogP contribution < -0.4 is 5.32 Å². The molecule has 1 aromatic heterocycles. The second-order valence-corrected chi connectivity index (χ2v) is 4.77. The molecule has 0 radical (unpaired) electrons. The zero-order valence-corrected chi connectivity index (χ0v) is 12.5. The van der Waals surface area contributed by atoms with E-state index in [-0.39, 0.29) is 17.6 Å². The molecule has 1 heterocycles. The van der Waals surface area contributed by atoms with Crippen LogP contribution in [0, 0.1) is 0 Å². The molecule has 1 rings (SSSR count). The number of pyridine rings is 1.